The maximum absolute atomic E-state index is 12.2. The van der Waals surface area contributed by atoms with Crippen molar-refractivity contribution in [2.24, 2.45) is 0 Å². The van der Waals surface area contributed by atoms with Gasteiger partial charge in [-0.05, 0) is 49.2 Å². The van der Waals surface area contributed by atoms with Crippen LogP contribution in [0.15, 0.2) is 30.3 Å². The lowest BCUT2D eigenvalue weighted by atomic mass is 10.2. The molecule has 0 saturated carbocycles. The fraction of sp³-hybridized carbons (Fsp3) is 0.267. The van der Waals surface area contributed by atoms with Crippen molar-refractivity contribution >= 4 is 38.6 Å². The van der Waals surface area contributed by atoms with E-state index in [0.29, 0.717) is 16.3 Å². The van der Waals surface area contributed by atoms with E-state index in [-0.39, 0.29) is 5.91 Å². The second kappa shape index (κ2) is 6.50. The molecule has 1 heterocycles. The summed E-state index contributed by atoms with van der Waals surface area (Å²) in [5, 5.41) is 2.81. The number of carbonyl (C=O) groups is 1. The van der Waals surface area contributed by atoms with Gasteiger partial charge in [0.15, 0.2) is 0 Å². The van der Waals surface area contributed by atoms with Crippen LogP contribution < -0.4 is 10.0 Å². The van der Waals surface area contributed by atoms with Crippen LogP contribution >= 0.6 is 11.3 Å². The molecule has 0 aliphatic heterocycles. The molecule has 1 aromatic carbocycles. The van der Waals surface area contributed by atoms with E-state index in [0.717, 1.165) is 17.6 Å². The van der Waals surface area contributed by atoms with Crippen LogP contribution in [0.25, 0.3) is 0 Å². The minimum atomic E-state index is -3.30. The highest BCUT2D eigenvalue weighted by atomic mass is 32.2. The maximum atomic E-state index is 12.2. The van der Waals surface area contributed by atoms with Gasteiger partial charge in [0.1, 0.15) is 0 Å². The Balaban J connectivity index is 2.08. The van der Waals surface area contributed by atoms with Crippen LogP contribution in [0.5, 0.6) is 0 Å². The molecule has 118 valence electrons. The summed E-state index contributed by atoms with van der Waals surface area (Å²) in [6.45, 7) is 4.07. The number of nitrogens with one attached hydrogen (secondary N) is 2. The van der Waals surface area contributed by atoms with Gasteiger partial charge in [0.2, 0.25) is 10.0 Å². The molecule has 0 radical (unpaired) electrons. The van der Waals surface area contributed by atoms with Gasteiger partial charge in [0.25, 0.3) is 5.91 Å². The number of carbonyl (C=O) groups excluding carboxylic acids is 1. The molecule has 2 rings (SSSR count). The largest absolute Gasteiger partial charge is 0.321 e. The minimum Gasteiger partial charge on any atom is -0.321 e. The molecular formula is C15H18N2O3S2. The van der Waals surface area contributed by atoms with Crippen molar-refractivity contribution in [1.82, 2.24) is 0 Å². The predicted molar refractivity (Wildman–Crippen MR) is 91.3 cm³/mol. The Morgan fingerprint density at radius 3 is 2.27 bits per heavy atom. The summed E-state index contributed by atoms with van der Waals surface area (Å²) in [4.78, 5) is 14.0. The maximum Gasteiger partial charge on any atom is 0.265 e. The third-order valence-electron chi connectivity index (χ3n) is 3.07. The Morgan fingerprint density at radius 1 is 1.18 bits per heavy atom. The van der Waals surface area contributed by atoms with Gasteiger partial charge in [0.05, 0.1) is 11.1 Å². The van der Waals surface area contributed by atoms with Crippen LogP contribution in [0.2, 0.25) is 0 Å². The van der Waals surface area contributed by atoms with Crippen LogP contribution in [-0.2, 0) is 16.4 Å². The van der Waals surface area contributed by atoms with Gasteiger partial charge >= 0.3 is 0 Å². The van der Waals surface area contributed by atoms with Gasteiger partial charge in [-0.15, -0.1) is 11.3 Å². The van der Waals surface area contributed by atoms with Crippen LogP contribution in [-0.4, -0.2) is 20.6 Å². The number of hydrogen-bond acceptors (Lipinski definition) is 4. The summed E-state index contributed by atoms with van der Waals surface area (Å²) in [6.07, 6.45) is 1.99. The molecule has 22 heavy (non-hydrogen) atoms. The topological polar surface area (TPSA) is 75.3 Å². The van der Waals surface area contributed by atoms with Crippen molar-refractivity contribution in [3.8, 4) is 0 Å². The number of amides is 1. The first-order chi connectivity index (χ1) is 10.3. The second-order valence-corrected chi connectivity index (χ2v) is 7.96. The van der Waals surface area contributed by atoms with Gasteiger partial charge in [-0.1, -0.05) is 6.92 Å². The average Bonchev–Trinajstić information content (AvgIpc) is 2.81. The summed E-state index contributed by atoms with van der Waals surface area (Å²) >= 11 is 1.47. The summed E-state index contributed by atoms with van der Waals surface area (Å²) in [6, 6.07) is 8.44. The van der Waals surface area contributed by atoms with Crippen LogP contribution in [0.3, 0.4) is 0 Å². The number of benzene rings is 1. The molecular weight excluding hydrogens is 320 g/mol. The molecule has 0 aliphatic carbocycles. The zero-order valence-electron chi connectivity index (χ0n) is 12.6. The molecule has 0 aliphatic rings. The SMILES string of the molecule is CCc1cc(C(=O)Nc2ccc(NS(C)(=O)=O)cc2)sc1C. The smallest absolute Gasteiger partial charge is 0.265 e. The van der Waals surface area contributed by atoms with E-state index in [1.165, 1.54) is 16.9 Å². The van der Waals surface area contributed by atoms with Crippen molar-refractivity contribution in [3.63, 3.8) is 0 Å². The molecule has 0 unspecified atom stereocenters. The quantitative estimate of drug-likeness (QED) is 0.879. The van der Waals surface area contributed by atoms with Gasteiger partial charge < -0.3 is 5.32 Å². The first kappa shape index (κ1) is 16.5. The first-order valence-electron chi connectivity index (χ1n) is 6.77. The molecule has 1 aromatic heterocycles. The predicted octanol–water partition coefficient (Wildman–Crippen LogP) is 3.24. The summed E-state index contributed by atoms with van der Waals surface area (Å²) < 4.78 is 24.6. The minimum absolute atomic E-state index is 0.156. The molecule has 2 N–H and O–H groups in total. The zero-order chi connectivity index (χ0) is 16.3. The highest BCUT2D eigenvalue weighted by Crippen LogP contribution is 2.23. The van der Waals surface area contributed by atoms with Gasteiger partial charge in [-0.2, -0.15) is 0 Å². The summed E-state index contributed by atoms with van der Waals surface area (Å²) in [5.41, 5.74) is 2.26. The Kier molecular flexibility index (Phi) is 4.87. The molecule has 1 amide bonds. The van der Waals surface area contributed by atoms with Crippen LogP contribution in [0.4, 0.5) is 11.4 Å². The van der Waals surface area contributed by atoms with E-state index in [4.69, 9.17) is 0 Å². The molecule has 0 fully saturated rings. The van der Waals surface area contributed by atoms with E-state index in [9.17, 15) is 13.2 Å². The van der Waals surface area contributed by atoms with Crippen LogP contribution in [0, 0.1) is 6.92 Å². The first-order valence-corrected chi connectivity index (χ1v) is 9.48. The molecule has 0 atom stereocenters. The Bertz CT molecular complexity index is 778. The van der Waals surface area contributed by atoms with Crippen molar-refractivity contribution in [2.45, 2.75) is 20.3 Å². The molecule has 0 spiro atoms. The lowest BCUT2D eigenvalue weighted by molar-refractivity contribution is 0.103. The Hall–Kier alpha value is -1.86. The van der Waals surface area contributed by atoms with Crippen LogP contribution in [0.1, 0.15) is 27.0 Å². The van der Waals surface area contributed by atoms with Crippen molar-refractivity contribution in [2.75, 3.05) is 16.3 Å². The van der Waals surface area contributed by atoms with E-state index in [1.807, 2.05) is 13.0 Å². The van der Waals surface area contributed by atoms with Gasteiger partial charge in [-0.3, -0.25) is 9.52 Å². The normalized spacial score (nSPS) is 11.2. The molecule has 0 saturated heterocycles. The molecule has 0 bridgehead atoms. The summed E-state index contributed by atoms with van der Waals surface area (Å²) in [7, 11) is -3.30. The lowest BCUT2D eigenvalue weighted by Gasteiger charge is -2.06. The average molecular weight is 338 g/mol. The fourth-order valence-corrected chi connectivity index (χ4v) is 3.58. The number of thiophene rings is 1. The highest BCUT2D eigenvalue weighted by Gasteiger charge is 2.12. The molecule has 2 aromatic rings. The standard InChI is InChI=1S/C15H18N2O3S2/c1-4-11-9-14(21-10(11)2)15(18)16-12-5-7-13(8-6-12)17-22(3,19)20/h5-9,17H,4H2,1-3H3,(H,16,18). The Morgan fingerprint density at radius 2 is 1.77 bits per heavy atom. The number of aryl methyl sites for hydroxylation is 2. The highest BCUT2D eigenvalue weighted by molar-refractivity contribution is 7.92. The van der Waals surface area contributed by atoms with E-state index in [2.05, 4.69) is 17.0 Å². The zero-order valence-corrected chi connectivity index (χ0v) is 14.3. The van der Waals surface area contributed by atoms with Crippen molar-refractivity contribution < 1.29 is 13.2 Å². The molecule has 5 nitrogen and oxygen atoms in total. The monoisotopic (exact) mass is 338 g/mol. The third-order valence-corrected chi connectivity index (χ3v) is 4.77. The van der Waals surface area contributed by atoms with E-state index < -0.39 is 10.0 Å². The van der Waals surface area contributed by atoms with Gasteiger partial charge in [0, 0.05) is 16.3 Å². The second-order valence-electron chi connectivity index (χ2n) is 4.95. The Labute approximate surface area is 134 Å². The lowest BCUT2D eigenvalue weighted by Crippen LogP contribution is -2.11. The number of hydrogen-bond donors (Lipinski definition) is 2. The van der Waals surface area contributed by atoms with E-state index in [1.54, 1.807) is 24.3 Å². The molecule has 7 heteroatoms. The van der Waals surface area contributed by atoms with Crippen molar-refractivity contribution in [1.29, 1.82) is 0 Å². The fourth-order valence-electron chi connectivity index (χ4n) is 2.01. The number of anilines is 2. The van der Waals surface area contributed by atoms with Gasteiger partial charge in [-0.25, -0.2) is 8.42 Å². The third kappa shape index (κ3) is 4.32. The van der Waals surface area contributed by atoms with Crippen molar-refractivity contribution in [3.05, 3.63) is 45.6 Å². The van der Waals surface area contributed by atoms with E-state index >= 15 is 0 Å². The number of sulfonamides is 1. The summed E-state index contributed by atoms with van der Waals surface area (Å²) in [5.74, 6) is -0.156. The number of rotatable bonds is 5.